The van der Waals surface area contributed by atoms with Crippen LogP contribution < -0.4 is 15.8 Å². The number of nitrogens with two attached hydrogens (primary N) is 1. The maximum atomic E-state index is 11.2. The summed E-state index contributed by atoms with van der Waals surface area (Å²) in [7, 11) is 0. The number of amides is 3. The number of carbonyl (C=O) groups excluding carboxylic acids is 2. The number of hydrogen-bond acceptors (Lipinski definition) is 6. The maximum absolute atomic E-state index is 11.2. The van der Waals surface area contributed by atoms with Crippen LogP contribution in [0.2, 0.25) is 0 Å². The topological polar surface area (TPSA) is 145 Å². The van der Waals surface area contributed by atoms with Gasteiger partial charge in [0.25, 0.3) is 11.6 Å². The molecule has 0 fully saturated rings. The number of urea groups is 1. The minimum absolute atomic E-state index is 0.102. The number of imide groups is 1. The predicted molar refractivity (Wildman–Crippen MR) is 67.0 cm³/mol. The molecule has 0 heterocycles. The van der Waals surface area contributed by atoms with Crippen molar-refractivity contribution >= 4 is 17.6 Å². The van der Waals surface area contributed by atoms with Gasteiger partial charge >= 0.3 is 6.03 Å². The van der Waals surface area contributed by atoms with Crippen LogP contribution in [0.4, 0.5) is 10.5 Å². The van der Waals surface area contributed by atoms with Crippen LogP contribution in [0.25, 0.3) is 0 Å². The van der Waals surface area contributed by atoms with Crippen molar-refractivity contribution in [3.63, 3.8) is 0 Å². The van der Waals surface area contributed by atoms with Gasteiger partial charge in [0.05, 0.1) is 11.0 Å². The van der Waals surface area contributed by atoms with E-state index in [9.17, 15) is 24.8 Å². The molecule has 0 aliphatic carbocycles. The van der Waals surface area contributed by atoms with Crippen LogP contribution in [0.1, 0.15) is 18.6 Å². The van der Waals surface area contributed by atoms with Crippen molar-refractivity contribution in [2.45, 2.75) is 13.0 Å². The maximum Gasteiger partial charge on any atom is 0.318 e. The molecule has 0 saturated heterocycles. The number of nitro benzene ring substituents is 1. The Bertz CT molecular complexity index is 543. The van der Waals surface area contributed by atoms with Gasteiger partial charge in [0, 0.05) is 17.7 Å². The highest BCUT2D eigenvalue weighted by molar-refractivity contribution is 5.94. The van der Waals surface area contributed by atoms with E-state index in [4.69, 9.17) is 10.5 Å². The number of primary amides is 1. The lowest BCUT2D eigenvalue weighted by atomic mass is 10.1. The number of carbonyl (C=O) groups is 2. The Hall–Kier alpha value is -2.68. The monoisotopic (exact) mass is 283 g/mol. The largest absolute Gasteiger partial charge is 0.483 e. The number of nitrogens with zero attached hydrogens (tertiary/aromatic N) is 1. The number of hydrogen-bond donors (Lipinski definition) is 3. The molecule has 0 saturated carbocycles. The average Bonchev–Trinajstić information content (AvgIpc) is 2.35. The molecule has 0 aromatic heterocycles. The molecular weight excluding hydrogens is 270 g/mol. The Kier molecular flexibility index (Phi) is 4.98. The SMILES string of the molecule is CC(O)c1cc([N+](=O)[O-])ccc1OCC(=O)NC(N)=O. The first kappa shape index (κ1) is 15.4. The molecule has 0 aliphatic heterocycles. The Labute approximate surface area is 113 Å². The molecule has 1 unspecified atom stereocenters. The molecule has 0 bridgehead atoms. The van der Waals surface area contributed by atoms with Crippen molar-refractivity contribution in [1.82, 2.24) is 5.32 Å². The molecule has 1 aromatic rings. The highest BCUT2D eigenvalue weighted by Gasteiger charge is 2.16. The number of rotatable bonds is 5. The molecule has 9 heteroatoms. The van der Waals surface area contributed by atoms with Crippen LogP contribution in [-0.2, 0) is 4.79 Å². The highest BCUT2D eigenvalue weighted by Crippen LogP contribution is 2.29. The summed E-state index contributed by atoms with van der Waals surface area (Å²) in [5.41, 5.74) is 4.70. The van der Waals surface area contributed by atoms with Gasteiger partial charge in [-0.2, -0.15) is 0 Å². The molecule has 20 heavy (non-hydrogen) atoms. The molecule has 0 radical (unpaired) electrons. The number of aliphatic hydroxyl groups excluding tert-OH is 1. The number of benzene rings is 1. The van der Waals surface area contributed by atoms with Gasteiger partial charge in [0.1, 0.15) is 5.75 Å². The van der Waals surface area contributed by atoms with Gasteiger partial charge < -0.3 is 15.6 Å². The third kappa shape index (κ3) is 4.21. The molecule has 1 atom stereocenters. The number of nitro groups is 1. The fourth-order valence-electron chi connectivity index (χ4n) is 1.42. The summed E-state index contributed by atoms with van der Waals surface area (Å²) in [5, 5.41) is 22.0. The fraction of sp³-hybridized carbons (Fsp3) is 0.273. The average molecular weight is 283 g/mol. The Balaban J connectivity index is 2.86. The number of aliphatic hydroxyl groups is 1. The van der Waals surface area contributed by atoms with E-state index < -0.39 is 29.6 Å². The van der Waals surface area contributed by atoms with E-state index in [0.29, 0.717) is 0 Å². The van der Waals surface area contributed by atoms with Crippen molar-refractivity contribution in [3.05, 3.63) is 33.9 Å². The highest BCUT2D eigenvalue weighted by atomic mass is 16.6. The van der Waals surface area contributed by atoms with E-state index in [1.165, 1.54) is 19.1 Å². The summed E-state index contributed by atoms with van der Waals surface area (Å²) < 4.78 is 5.09. The molecular formula is C11H13N3O6. The Morgan fingerprint density at radius 2 is 2.20 bits per heavy atom. The minimum atomic E-state index is -1.02. The summed E-state index contributed by atoms with van der Waals surface area (Å²) in [4.78, 5) is 31.6. The van der Waals surface area contributed by atoms with Crippen LogP contribution in [0.3, 0.4) is 0 Å². The number of nitrogens with one attached hydrogen (secondary N) is 1. The van der Waals surface area contributed by atoms with E-state index in [1.807, 2.05) is 0 Å². The summed E-state index contributed by atoms with van der Waals surface area (Å²) in [6, 6.07) is 2.56. The van der Waals surface area contributed by atoms with Crippen LogP contribution in [0.15, 0.2) is 18.2 Å². The van der Waals surface area contributed by atoms with Crippen LogP contribution >= 0.6 is 0 Å². The van der Waals surface area contributed by atoms with Crippen molar-refractivity contribution in [3.8, 4) is 5.75 Å². The molecule has 0 spiro atoms. The second-order valence-corrected chi connectivity index (χ2v) is 3.86. The number of ether oxygens (including phenoxy) is 1. The zero-order valence-electron chi connectivity index (χ0n) is 10.5. The van der Waals surface area contributed by atoms with E-state index in [2.05, 4.69) is 0 Å². The fourth-order valence-corrected chi connectivity index (χ4v) is 1.42. The van der Waals surface area contributed by atoms with Gasteiger partial charge in [0.2, 0.25) is 0 Å². The first-order valence-corrected chi connectivity index (χ1v) is 5.49. The zero-order valence-corrected chi connectivity index (χ0v) is 10.5. The van der Waals surface area contributed by atoms with Crippen LogP contribution in [0, 0.1) is 10.1 Å². The Morgan fingerprint density at radius 1 is 1.55 bits per heavy atom. The molecule has 9 nitrogen and oxygen atoms in total. The first-order chi connectivity index (χ1) is 9.31. The second-order valence-electron chi connectivity index (χ2n) is 3.86. The summed E-state index contributed by atoms with van der Waals surface area (Å²) in [5.74, 6) is -0.669. The summed E-state index contributed by atoms with van der Waals surface area (Å²) >= 11 is 0. The van der Waals surface area contributed by atoms with Gasteiger partial charge in [-0.3, -0.25) is 20.2 Å². The normalized spacial score (nSPS) is 11.5. The third-order valence-electron chi connectivity index (χ3n) is 2.28. The predicted octanol–water partition coefficient (Wildman–Crippen LogP) is 0.222. The summed E-state index contributed by atoms with van der Waals surface area (Å²) in [6.45, 7) is 0.885. The van der Waals surface area contributed by atoms with Gasteiger partial charge in [0.15, 0.2) is 6.61 Å². The van der Waals surface area contributed by atoms with Crippen molar-refractivity contribution < 1.29 is 24.4 Å². The lowest BCUT2D eigenvalue weighted by molar-refractivity contribution is -0.385. The molecule has 3 amide bonds. The van der Waals surface area contributed by atoms with Gasteiger partial charge in [-0.05, 0) is 13.0 Å². The van der Waals surface area contributed by atoms with Crippen molar-refractivity contribution in [1.29, 1.82) is 0 Å². The van der Waals surface area contributed by atoms with Crippen molar-refractivity contribution in [2.75, 3.05) is 6.61 Å². The molecule has 1 aromatic carbocycles. The van der Waals surface area contributed by atoms with Crippen LogP contribution in [0.5, 0.6) is 5.75 Å². The lowest BCUT2D eigenvalue weighted by Gasteiger charge is -2.12. The van der Waals surface area contributed by atoms with Crippen molar-refractivity contribution in [2.24, 2.45) is 5.73 Å². The third-order valence-corrected chi connectivity index (χ3v) is 2.28. The number of non-ortho nitro benzene ring substituents is 1. The molecule has 0 aliphatic rings. The Morgan fingerprint density at radius 3 is 2.70 bits per heavy atom. The standard InChI is InChI=1S/C11H13N3O6/c1-6(15)8-4-7(14(18)19)2-3-9(8)20-5-10(16)13-11(12)17/h2-4,6,15H,5H2,1H3,(H3,12,13,16,17). The van der Waals surface area contributed by atoms with E-state index >= 15 is 0 Å². The minimum Gasteiger partial charge on any atom is -0.483 e. The molecule has 1 rings (SSSR count). The van der Waals surface area contributed by atoms with Crippen LogP contribution in [-0.4, -0.2) is 28.6 Å². The molecule has 4 N–H and O–H groups in total. The van der Waals surface area contributed by atoms with Gasteiger partial charge in [-0.1, -0.05) is 0 Å². The first-order valence-electron chi connectivity index (χ1n) is 5.49. The lowest BCUT2D eigenvalue weighted by Crippen LogP contribution is -2.38. The zero-order chi connectivity index (χ0) is 15.3. The smallest absolute Gasteiger partial charge is 0.318 e. The van der Waals surface area contributed by atoms with E-state index in [0.717, 1.165) is 6.07 Å². The van der Waals surface area contributed by atoms with Gasteiger partial charge in [-0.15, -0.1) is 0 Å². The van der Waals surface area contributed by atoms with E-state index in [1.54, 1.807) is 5.32 Å². The quantitative estimate of drug-likeness (QED) is 0.520. The summed E-state index contributed by atoms with van der Waals surface area (Å²) in [6.07, 6.45) is -1.02. The van der Waals surface area contributed by atoms with E-state index in [-0.39, 0.29) is 17.0 Å². The second kappa shape index (κ2) is 6.48. The van der Waals surface area contributed by atoms with Gasteiger partial charge in [-0.25, -0.2) is 4.79 Å². The molecule has 108 valence electrons.